The largest absolute Gasteiger partial charge is 0.498 e. The van der Waals surface area contributed by atoms with E-state index in [0.29, 0.717) is 12.6 Å². The predicted molar refractivity (Wildman–Crippen MR) is 82.7 cm³/mol. The Balaban J connectivity index is 2.43. The fourth-order valence-corrected chi connectivity index (χ4v) is 2.28. The van der Waals surface area contributed by atoms with E-state index >= 15 is 0 Å². The third kappa shape index (κ3) is 6.44. The number of rotatable bonds is 6. The molecule has 106 valence electrons. The van der Waals surface area contributed by atoms with Crippen LogP contribution in [0.15, 0.2) is 48.3 Å². The van der Waals surface area contributed by atoms with Gasteiger partial charge in [0.15, 0.2) is 0 Å². The molecule has 0 radical (unpaired) electrons. The molecule has 1 aliphatic rings. The predicted octanol–water partition coefficient (Wildman–Crippen LogP) is 4.11. The van der Waals surface area contributed by atoms with Gasteiger partial charge in [0, 0.05) is 6.54 Å². The maximum Gasteiger partial charge on any atom is 0.0978 e. The van der Waals surface area contributed by atoms with E-state index in [1.54, 1.807) is 6.26 Å². The van der Waals surface area contributed by atoms with Gasteiger partial charge in [-0.25, -0.2) is 0 Å². The van der Waals surface area contributed by atoms with Crippen molar-refractivity contribution >= 4 is 0 Å². The highest BCUT2D eigenvalue weighted by Crippen LogP contribution is 2.25. The SMILES string of the molecule is C=C(/C=C\C)/C=C(\C=C/O[C@H]1CC[C@@H](C)CC1)CN. The van der Waals surface area contributed by atoms with E-state index in [1.807, 2.05) is 31.2 Å². The molecular formula is C17H27NO. The molecule has 1 fully saturated rings. The lowest BCUT2D eigenvalue weighted by Crippen LogP contribution is -2.18. The highest BCUT2D eigenvalue weighted by molar-refractivity contribution is 5.35. The second kappa shape index (κ2) is 8.76. The van der Waals surface area contributed by atoms with Crippen LogP contribution in [0.2, 0.25) is 0 Å². The number of nitrogens with two attached hydrogens (primary N) is 1. The fourth-order valence-electron chi connectivity index (χ4n) is 2.28. The molecule has 1 rings (SSSR count). The number of allylic oxidation sites excluding steroid dienone is 4. The van der Waals surface area contributed by atoms with Gasteiger partial charge in [-0.2, -0.15) is 0 Å². The van der Waals surface area contributed by atoms with Crippen molar-refractivity contribution in [3.63, 3.8) is 0 Å². The van der Waals surface area contributed by atoms with Gasteiger partial charge in [-0.05, 0) is 55.7 Å². The summed E-state index contributed by atoms with van der Waals surface area (Å²) in [6.45, 7) is 8.73. The molecule has 0 spiro atoms. The smallest absolute Gasteiger partial charge is 0.0978 e. The highest BCUT2D eigenvalue weighted by atomic mass is 16.5. The maximum atomic E-state index is 5.78. The second-order valence-corrected chi connectivity index (χ2v) is 5.32. The standard InChI is InChI=1S/C17H27NO/c1-4-5-15(3)12-16(13-18)10-11-19-17-8-6-14(2)7-9-17/h4-5,10-12,14,17H,3,6-9,13,18H2,1-2H3/b5-4-,11-10-,16-12+/t14-,17+. The van der Waals surface area contributed by atoms with Gasteiger partial charge in [0.1, 0.15) is 0 Å². The lowest BCUT2D eigenvalue weighted by atomic mass is 9.89. The normalized spacial score (nSPS) is 25.1. The van der Waals surface area contributed by atoms with Crippen molar-refractivity contribution in [1.29, 1.82) is 0 Å². The van der Waals surface area contributed by atoms with E-state index in [2.05, 4.69) is 13.5 Å². The van der Waals surface area contributed by atoms with Gasteiger partial charge in [-0.1, -0.05) is 31.7 Å². The van der Waals surface area contributed by atoms with Crippen LogP contribution in [0.1, 0.15) is 39.5 Å². The van der Waals surface area contributed by atoms with Gasteiger partial charge in [0.2, 0.25) is 0 Å². The van der Waals surface area contributed by atoms with Gasteiger partial charge in [-0.3, -0.25) is 0 Å². The molecule has 2 heteroatoms. The summed E-state index contributed by atoms with van der Waals surface area (Å²) in [6.07, 6.45) is 14.9. The first-order chi connectivity index (χ1) is 9.15. The van der Waals surface area contributed by atoms with E-state index in [4.69, 9.17) is 10.5 Å². The minimum atomic E-state index is 0.380. The van der Waals surface area contributed by atoms with Crippen molar-refractivity contribution in [3.8, 4) is 0 Å². The minimum absolute atomic E-state index is 0.380. The summed E-state index contributed by atoms with van der Waals surface area (Å²) >= 11 is 0. The molecule has 0 aromatic carbocycles. The van der Waals surface area contributed by atoms with Crippen LogP contribution in [-0.4, -0.2) is 12.6 Å². The Bertz CT molecular complexity index is 357. The molecule has 0 amide bonds. The molecule has 0 aromatic rings. The van der Waals surface area contributed by atoms with Crippen molar-refractivity contribution in [2.45, 2.75) is 45.6 Å². The van der Waals surface area contributed by atoms with Gasteiger partial charge in [0.25, 0.3) is 0 Å². The van der Waals surface area contributed by atoms with Crippen LogP contribution in [0.25, 0.3) is 0 Å². The van der Waals surface area contributed by atoms with Crippen LogP contribution < -0.4 is 5.73 Å². The van der Waals surface area contributed by atoms with Gasteiger partial charge in [0.05, 0.1) is 12.4 Å². The van der Waals surface area contributed by atoms with E-state index in [1.165, 1.54) is 25.7 Å². The first-order valence-corrected chi connectivity index (χ1v) is 7.20. The topological polar surface area (TPSA) is 35.2 Å². The van der Waals surface area contributed by atoms with E-state index in [9.17, 15) is 0 Å². The number of hydrogen-bond donors (Lipinski definition) is 1. The van der Waals surface area contributed by atoms with Gasteiger partial charge >= 0.3 is 0 Å². The Morgan fingerprint density at radius 2 is 1.95 bits per heavy atom. The van der Waals surface area contributed by atoms with Crippen molar-refractivity contribution in [2.24, 2.45) is 11.7 Å². The Hall–Kier alpha value is -1.28. The van der Waals surface area contributed by atoms with Crippen LogP contribution in [0.3, 0.4) is 0 Å². The average molecular weight is 261 g/mol. The molecule has 0 aliphatic heterocycles. The summed E-state index contributed by atoms with van der Waals surface area (Å²) in [4.78, 5) is 0. The highest BCUT2D eigenvalue weighted by Gasteiger charge is 2.17. The summed E-state index contributed by atoms with van der Waals surface area (Å²) in [5.41, 5.74) is 7.71. The van der Waals surface area contributed by atoms with Crippen molar-refractivity contribution in [1.82, 2.24) is 0 Å². The van der Waals surface area contributed by atoms with E-state index in [0.717, 1.165) is 17.1 Å². The monoisotopic (exact) mass is 261 g/mol. The maximum absolute atomic E-state index is 5.78. The zero-order chi connectivity index (χ0) is 14.1. The molecule has 1 saturated carbocycles. The summed E-state index contributed by atoms with van der Waals surface area (Å²) in [5.74, 6) is 0.854. The van der Waals surface area contributed by atoms with Crippen LogP contribution in [-0.2, 0) is 4.74 Å². The van der Waals surface area contributed by atoms with Crippen LogP contribution in [0.4, 0.5) is 0 Å². The summed E-state index contributed by atoms with van der Waals surface area (Å²) < 4.78 is 5.78. The molecule has 2 nitrogen and oxygen atoms in total. The quantitative estimate of drug-likeness (QED) is 0.577. The van der Waals surface area contributed by atoms with Crippen LogP contribution in [0.5, 0.6) is 0 Å². The molecular weight excluding hydrogens is 234 g/mol. The second-order valence-electron chi connectivity index (χ2n) is 5.32. The molecule has 1 aliphatic carbocycles. The van der Waals surface area contributed by atoms with Crippen molar-refractivity contribution in [3.05, 3.63) is 48.3 Å². The average Bonchev–Trinajstić information content (AvgIpc) is 2.40. The first-order valence-electron chi connectivity index (χ1n) is 7.20. The third-order valence-electron chi connectivity index (χ3n) is 3.50. The first kappa shape index (κ1) is 15.8. The Kier molecular flexibility index (Phi) is 7.27. The van der Waals surface area contributed by atoms with Crippen molar-refractivity contribution in [2.75, 3.05) is 6.54 Å². The summed E-state index contributed by atoms with van der Waals surface area (Å²) in [7, 11) is 0. The number of ether oxygens (including phenoxy) is 1. The molecule has 0 atom stereocenters. The number of hydrogen-bond acceptors (Lipinski definition) is 2. The third-order valence-corrected chi connectivity index (χ3v) is 3.50. The lowest BCUT2D eigenvalue weighted by molar-refractivity contribution is 0.0914. The van der Waals surface area contributed by atoms with Crippen LogP contribution in [0, 0.1) is 5.92 Å². The van der Waals surface area contributed by atoms with E-state index < -0.39 is 0 Å². The summed E-state index contributed by atoms with van der Waals surface area (Å²) in [5, 5.41) is 0. The zero-order valence-electron chi connectivity index (χ0n) is 12.3. The molecule has 0 heterocycles. The van der Waals surface area contributed by atoms with Gasteiger partial charge < -0.3 is 10.5 Å². The lowest BCUT2D eigenvalue weighted by Gasteiger charge is -2.25. The molecule has 2 N–H and O–H groups in total. The molecule has 19 heavy (non-hydrogen) atoms. The van der Waals surface area contributed by atoms with Gasteiger partial charge in [-0.15, -0.1) is 0 Å². The minimum Gasteiger partial charge on any atom is -0.498 e. The Morgan fingerprint density at radius 1 is 1.26 bits per heavy atom. The molecule has 0 saturated heterocycles. The Labute approximate surface area is 117 Å². The van der Waals surface area contributed by atoms with E-state index in [-0.39, 0.29) is 0 Å². The van der Waals surface area contributed by atoms with Crippen LogP contribution >= 0.6 is 0 Å². The molecule has 0 unspecified atom stereocenters. The Morgan fingerprint density at radius 3 is 2.53 bits per heavy atom. The molecule has 0 bridgehead atoms. The zero-order valence-corrected chi connectivity index (χ0v) is 12.3. The van der Waals surface area contributed by atoms with Crippen molar-refractivity contribution < 1.29 is 4.74 Å². The molecule has 0 aromatic heterocycles. The fraction of sp³-hybridized carbons (Fsp3) is 0.529. The summed E-state index contributed by atoms with van der Waals surface area (Å²) in [6, 6.07) is 0.